The summed E-state index contributed by atoms with van der Waals surface area (Å²) in [4.78, 5) is 43.7. The Hall–Kier alpha value is -4.42. The van der Waals surface area contributed by atoms with Crippen molar-refractivity contribution in [3.63, 3.8) is 0 Å². The molecule has 4 aromatic rings. The van der Waals surface area contributed by atoms with Crippen molar-refractivity contribution < 1.29 is 19.1 Å². The fourth-order valence-electron chi connectivity index (χ4n) is 7.17. The minimum absolute atomic E-state index is 0.204. The van der Waals surface area contributed by atoms with Gasteiger partial charge in [-0.2, -0.15) is 0 Å². The number of carbonyl (C=O) groups is 3. The Morgan fingerprint density at radius 1 is 0.875 bits per heavy atom. The molecule has 7 heteroatoms. The standard InChI is InChI=1S/C33H25ClN2O4/c1-33-28-21-11-5-3-9-19(21)27(20-10-4-6-12-22(20)28)29(33)31(38)36(32(33)39)25-14-8-7-13-23(25)30(37)35-24-17-18(34)15-16-26(24)40-2/h3-17,27-29H,1-2H3,(H,35,37)/t27?,28?,29-,33+/m0/s1. The molecule has 4 aliphatic rings. The van der Waals surface area contributed by atoms with Gasteiger partial charge in [0.2, 0.25) is 11.8 Å². The summed E-state index contributed by atoms with van der Waals surface area (Å²) in [6, 6.07) is 27.9. The smallest absolute Gasteiger partial charge is 0.257 e. The second-order valence-electron chi connectivity index (χ2n) is 10.7. The fraction of sp³-hybridized carbons (Fsp3) is 0.182. The van der Waals surface area contributed by atoms with Gasteiger partial charge in [0.15, 0.2) is 0 Å². The number of hydrogen-bond donors (Lipinski definition) is 1. The first-order valence-corrected chi connectivity index (χ1v) is 13.5. The molecule has 3 aliphatic carbocycles. The normalized spacial score (nSPS) is 23.9. The minimum atomic E-state index is -0.996. The van der Waals surface area contributed by atoms with Crippen molar-refractivity contribution in [1.29, 1.82) is 0 Å². The first kappa shape index (κ1) is 24.6. The van der Waals surface area contributed by atoms with E-state index in [1.807, 2.05) is 31.2 Å². The van der Waals surface area contributed by atoms with Crippen molar-refractivity contribution in [2.24, 2.45) is 11.3 Å². The van der Waals surface area contributed by atoms with Gasteiger partial charge in [-0.15, -0.1) is 0 Å². The van der Waals surface area contributed by atoms with Crippen LogP contribution in [0, 0.1) is 11.3 Å². The summed E-state index contributed by atoms with van der Waals surface area (Å²) in [6.45, 7) is 1.92. The molecule has 0 radical (unpaired) electrons. The van der Waals surface area contributed by atoms with E-state index in [1.54, 1.807) is 42.5 Å². The topological polar surface area (TPSA) is 75.7 Å². The van der Waals surface area contributed by atoms with Gasteiger partial charge in [-0.3, -0.25) is 14.4 Å². The lowest BCUT2D eigenvalue weighted by Gasteiger charge is -2.51. The number of hydrogen-bond acceptors (Lipinski definition) is 4. The Morgan fingerprint density at radius 2 is 1.48 bits per heavy atom. The second kappa shape index (κ2) is 8.80. The first-order chi connectivity index (χ1) is 19.4. The summed E-state index contributed by atoms with van der Waals surface area (Å²) >= 11 is 6.17. The maximum atomic E-state index is 14.5. The van der Waals surface area contributed by atoms with Gasteiger partial charge in [0.1, 0.15) is 5.75 Å². The van der Waals surface area contributed by atoms with Crippen LogP contribution in [0.25, 0.3) is 0 Å². The number of ether oxygens (including phenoxy) is 1. The van der Waals surface area contributed by atoms with Crippen LogP contribution in [-0.2, 0) is 9.59 Å². The molecule has 0 spiro atoms. The SMILES string of the molecule is COc1ccc(Cl)cc1NC(=O)c1ccccc1N1C(=O)[C@@H]2C3c4ccccc4C(c4ccccc43)[C@@]2(C)C1=O. The van der Waals surface area contributed by atoms with Gasteiger partial charge < -0.3 is 10.1 Å². The molecule has 4 aromatic carbocycles. The van der Waals surface area contributed by atoms with Gasteiger partial charge in [0, 0.05) is 16.9 Å². The summed E-state index contributed by atoms with van der Waals surface area (Å²) in [5.41, 5.74) is 4.23. The molecule has 8 rings (SSSR count). The lowest BCUT2D eigenvalue weighted by Crippen LogP contribution is -2.49. The van der Waals surface area contributed by atoms with E-state index in [0.717, 1.165) is 22.3 Å². The number of nitrogens with zero attached hydrogens (tertiary/aromatic N) is 1. The van der Waals surface area contributed by atoms with Crippen LogP contribution in [-0.4, -0.2) is 24.8 Å². The van der Waals surface area contributed by atoms with Crippen molar-refractivity contribution >= 4 is 40.7 Å². The molecule has 1 aliphatic heterocycles. The van der Waals surface area contributed by atoms with Gasteiger partial charge >= 0.3 is 0 Å². The highest BCUT2D eigenvalue weighted by atomic mass is 35.5. The molecule has 6 nitrogen and oxygen atoms in total. The predicted octanol–water partition coefficient (Wildman–Crippen LogP) is 6.39. The first-order valence-electron chi connectivity index (χ1n) is 13.2. The molecule has 0 saturated carbocycles. The summed E-state index contributed by atoms with van der Waals surface area (Å²) in [7, 11) is 1.50. The molecular formula is C33H25ClN2O4. The van der Waals surface area contributed by atoms with Crippen LogP contribution in [0.2, 0.25) is 5.02 Å². The number of amides is 3. The van der Waals surface area contributed by atoms with Crippen LogP contribution < -0.4 is 15.0 Å². The summed E-state index contributed by atoms with van der Waals surface area (Å²) in [5.74, 6) is -1.72. The summed E-state index contributed by atoms with van der Waals surface area (Å²) in [5, 5.41) is 3.28. The number of benzene rings is 4. The Balaban J connectivity index is 1.34. The molecule has 0 aromatic heterocycles. The molecule has 40 heavy (non-hydrogen) atoms. The maximum Gasteiger partial charge on any atom is 0.257 e. The second-order valence-corrected chi connectivity index (χ2v) is 11.2. The number of carbonyl (C=O) groups excluding carboxylic acids is 3. The third-order valence-corrected chi connectivity index (χ3v) is 9.05. The lowest BCUT2D eigenvalue weighted by atomic mass is 9.48. The van der Waals surface area contributed by atoms with Crippen LogP contribution in [0.1, 0.15) is 51.4 Å². The Morgan fingerprint density at radius 3 is 2.12 bits per heavy atom. The van der Waals surface area contributed by atoms with Gasteiger partial charge in [-0.1, -0.05) is 72.3 Å². The zero-order chi connectivity index (χ0) is 27.8. The van der Waals surface area contributed by atoms with Crippen molar-refractivity contribution in [3.05, 3.63) is 124 Å². The highest BCUT2D eigenvalue weighted by molar-refractivity contribution is 6.31. The third-order valence-electron chi connectivity index (χ3n) is 8.81. The van der Waals surface area contributed by atoms with Crippen molar-refractivity contribution in [3.8, 4) is 5.75 Å². The molecule has 1 saturated heterocycles. The summed E-state index contributed by atoms with van der Waals surface area (Å²) < 4.78 is 5.38. The lowest BCUT2D eigenvalue weighted by molar-refractivity contribution is -0.128. The quantitative estimate of drug-likeness (QED) is 0.300. The molecule has 2 atom stereocenters. The molecule has 1 fully saturated rings. The number of para-hydroxylation sites is 1. The minimum Gasteiger partial charge on any atom is -0.495 e. The highest BCUT2D eigenvalue weighted by Crippen LogP contribution is 2.67. The van der Waals surface area contributed by atoms with E-state index >= 15 is 0 Å². The van der Waals surface area contributed by atoms with Crippen LogP contribution >= 0.6 is 11.6 Å². The molecule has 1 heterocycles. The fourth-order valence-corrected chi connectivity index (χ4v) is 7.34. The van der Waals surface area contributed by atoms with Gasteiger partial charge in [-0.25, -0.2) is 4.90 Å². The van der Waals surface area contributed by atoms with E-state index in [0.29, 0.717) is 16.5 Å². The van der Waals surface area contributed by atoms with Gasteiger partial charge in [-0.05, 0) is 59.5 Å². The third kappa shape index (κ3) is 3.20. The van der Waals surface area contributed by atoms with Crippen molar-refractivity contribution in [2.45, 2.75) is 18.8 Å². The molecular weight excluding hydrogens is 524 g/mol. The van der Waals surface area contributed by atoms with Crippen LogP contribution in [0.4, 0.5) is 11.4 Å². The highest BCUT2D eigenvalue weighted by Gasteiger charge is 2.69. The zero-order valence-corrected chi connectivity index (χ0v) is 22.6. The predicted molar refractivity (Wildman–Crippen MR) is 153 cm³/mol. The number of anilines is 2. The average molecular weight is 549 g/mol. The summed E-state index contributed by atoms with van der Waals surface area (Å²) in [6.07, 6.45) is 0. The molecule has 198 valence electrons. The average Bonchev–Trinajstić information content (AvgIpc) is 3.18. The largest absolute Gasteiger partial charge is 0.495 e. The van der Waals surface area contributed by atoms with Crippen molar-refractivity contribution in [1.82, 2.24) is 0 Å². The number of methoxy groups -OCH3 is 1. The number of rotatable bonds is 4. The van der Waals surface area contributed by atoms with E-state index in [-0.39, 0.29) is 34.9 Å². The van der Waals surface area contributed by atoms with Gasteiger partial charge in [0.25, 0.3) is 5.91 Å². The Labute approximate surface area is 236 Å². The van der Waals surface area contributed by atoms with Gasteiger partial charge in [0.05, 0.1) is 35.4 Å². The monoisotopic (exact) mass is 548 g/mol. The van der Waals surface area contributed by atoms with E-state index < -0.39 is 17.2 Å². The van der Waals surface area contributed by atoms with E-state index in [1.165, 1.54) is 12.0 Å². The molecule has 2 bridgehead atoms. The maximum absolute atomic E-state index is 14.5. The van der Waals surface area contributed by atoms with Crippen LogP contribution in [0.3, 0.4) is 0 Å². The number of nitrogens with one attached hydrogen (secondary N) is 1. The van der Waals surface area contributed by atoms with E-state index in [4.69, 9.17) is 16.3 Å². The molecule has 1 N–H and O–H groups in total. The van der Waals surface area contributed by atoms with Crippen LogP contribution in [0.5, 0.6) is 5.75 Å². The van der Waals surface area contributed by atoms with Crippen LogP contribution in [0.15, 0.2) is 91.0 Å². The zero-order valence-electron chi connectivity index (χ0n) is 21.9. The molecule has 0 unspecified atom stereocenters. The van der Waals surface area contributed by atoms with Crippen molar-refractivity contribution in [2.75, 3.05) is 17.3 Å². The molecule has 3 amide bonds. The number of halogens is 1. The van der Waals surface area contributed by atoms with E-state index in [9.17, 15) is 14.4 Å². The van der Waals surface area contributed by atoms with E-state index in [2.05, 4.69) is 29.6 Å². The Bertz CT molecular complexity index is 1700. The Kier molecular flexibility index (Phi) is 5.41. The number of imide groups is 1.